The average molecular weight is 298 g/mol. The molecular weight excluding hydrogens is 290 g/mol. The smallest absolute Gasteiger partial charge is 0.277 e. The summed E-state index contributed by atoms with van der Waals surface area (Å²) < 4.78 is 4.65. The number of carbonyl (C=O) groups excluding carboxylic acids is 1. The molecule has 1 N–H and O–H groups in total. The molecule has 0 saturated heterocycles. The summed E-state index contributed by atoms with van der Waals surface area (Å²) in [6.45, 7) is 1.96. The van der Waals surface area contributed by atoms with Gasteiger partial charge in [-0.2, -0.15) is 0 Å². The Morgan fingerprint density at radius 1 is 1.50 bits per heavy atom. The zero-order valence-electron chi connectivity index (χ0n) is 8.40. The standard InChI is InChI=1S/C10H8BrN3OS/c1-6-4-7(2-3-8(6)11)12-10(15)9-5-16-14-13-9/h2-5H,1H3,(H,12,15). The molecule has 0 radical (unpaired) electrons. The number of halogens is 1. The van der Waals surface area contributed by atoms with Crippen molar-refractivity contribution in [3.05, 3.63) is 39.3 Å². The number of carbonyl (C=O) groups is 1. The van der Waals surface area contributed by atoms with E-state index >= 15 is 0 Å². The molecule has 1 aromatic heterocycles. The van der Waals surface area contributed by atoms with Gasteiger partial charge < -0.3 is 5.32 Å². The van der Waals surface area contributed by atoms with E-state index in [-0.39, 0.29) is 5.91 Å². The van der Waals surface area contributed by atoms with Crippen LogP contribution in [0.1, 0.15) is 16.1 Å². The Morgan fingerprint density at radius 3 is 2.94 bits per heavy atom. The van der Waals surface area contributed by atoms with Gasteiger partial charge in [-0.25, -0.2) is 0 Å². The van der Waals surface area contributed by atoms with Gasteiger partial charge in [-0.15, -0.1) is 5.10 Å². The first-order valence-electron chi connectivity index (χ1n) is 4.51. The first-order chi connectivity index (χ1) is 7.66. The van der Waals surface area contributed by atoms with Crippen molar-refractivity contribution in [3.63, 3.8) is 0 Å². The lowest BCUT2D eigenvalue weighted by Crippen LogP contribution is -2.12. The van der Waals surface area contributed by atoms with Crippen LogP contribution in [0.25, 0.3) is 0 Å². The van der Waals surface area contributed by atoms with Crippen molar-refractivity contribution in [2.24, 2.45) is 0 Å². The van der Waals surface area contributed by atoms with E-state index in [2.05, 4.69) is 30.8 Å². The van der Waals surface area contributed by atoms with Gasteiger partial charge in [-0.1, -0.05) is 20.4 Å². The van der Waals surface area contributed by atoms with Crippen molar-refractivity contribution in [3.8, 4) is 0 Å². The molecule has 16 heavy (non-hydrogen) atoms. The maximum atomic E-state index is 11.7. The minimum atomic E-state index is -0.240. The molecule has 0 fully saturated rings. The lowest BCUT2D eigenvalue weighted by Gasteiger charge is -2.05. The number of hydrogen-bond donors (Lipinski definition) is 1. The molecule has 0 saturated carbocycles. The van der Waals surface area contributed by atoms with Crippen molar-refractivity contribution >= 4 is 39.1 Å². The van der Waals surface area contributed by atoms with Crippen molar-refractivity contribution in [2.75, 3.05) is 5.32 Å². The summed E-state index contributed by atoms with van der Waals surface area (Å²) in [6.07, 6.45) is 0. The van der Waals surface area contributed by atoms with Crippen molar-refractivity contribution in [1.82, 2.24) is 9.59 Å². The van der Waals surface area contributed by atoms with Crippen LogP contribution in [-0.2, 0) is 0 Å². The summed E-state index contributed by atoms with van der Waals surface area (Å²) in [5, 5.41) is 8.07. The molecule has 0 unspecified atom stereocenters. The summed E-state index contributed by atoms with van der Waals surface area (Å²) in [5.41, 5.74) is 2.15. The van der Waals surface area contributed by atoms with Crippen LogP contribution < -0.4 is 5.32 Å². The Hall–Kier alpha value is -1.27. The van der Waals surface area contributed by atoms with Crippen LogP contribution in [0.5, 0.6) is 0 Å². The molecule has 0 atom stereocenters. The predicted molar refractivity (Wildman–Crippen MR) is 66.7 cm³/mol. The van der Waals surface area contributed by atoms with E-state index in [4.69, 9.17) is 0 Å². The van der Waals surface area contributed by atoms with Crippen LogP contribution in [0.15, 0.2) is 28.1 Å². The maximum absolute atomic E-state index is 11.7. The van der Waals surface area contributed by atoms with Crippen LogP contribution >= 0.6 is 27.5 Å². The molecule has 0 aliphatic heterocycles. The molecule has 1 amide bonds. The molecule has 6 heteroatoms. The minimum absolute atomic E-state index is 0.240. The van der Waals surface area contributed by atoms with Crippen LogP contribution in [0.3, 0.4) is 0 Å². The van der Waals surface area contributed by atoms with E-state index in [0.717, 1.165) is 27.3 Å². The summed E-state index contributed by atoms with van der Waals surface area (Å²) in [5.74, 6) is -0.240. The van der Waals surface area contributed by atoms with Crippen molar-refractivity contribution in [1.29, 1.82) is 0 Å². The third-order valence-corrected chi connectivity index (χ3v) is 3.40. The van der Waals surface area contributed by atoms with Gasteiger partial charge in [0.2, 0.25) is 0 Å². The van der Waals surface area contributed by atoms with E-state index in [0.29, 0.717) is 5.69 Å². The highest BCUT2D eigenvalue weighted by Crippen LogP contribution is 2.20. The van der Waals surface area contributed by atoms with Gasteiger partial charge in [0.25, 0.3) is 5.91 Å². The number of rotatable bonds is 2. The van der Waals surface area contributed by atoms with Gasteiger partial charge in [0, 0.05) is 15.5 Å². The third kappa shape index (κ3) is 2.45. The number of benzene rings is 1. The summed E-state index contributed by atoms with van der Waals surface area (Å²) in [7, 11) is 0. The molecule has 2 rings (SSSR count). The summed E-state index contributed by atoms with van der Waals surface area (Å²) >= 11 is 4.56. The van der Waals surface area contributed by atoms with Gasteiger partial charge in [-0.05, 0) is 42.2 Å². The molecular formula is C10H8BrN3OS. The molecule has 1 heterocycles. The van der Waals surface area contributed by atoms with E-state index in [1.165, 1.54) is 0 Å². The first kappa shape index (κ1) is 11.2. The Bertz CT molecular complexity index is 513. The lowest BCUT2D eigenvalue weighted by molar-refractivity contribution is 0.102. The molecule has 0 aliphatic carbocycles. The summed E-state index contributed by atoms with van der Waals surface area (Å²) in [6, 6.07) is 5.61. The number of anilines is 1. The maximum Gasteiger partial charge on any atom is 0.277 e. The molecule has 2 aromatic rings. The molecule has 82 valence electrons. The largest absolute Gasteiger partial charge is 0.321 e. The quantitative estimate of drug-likeness (QED) is 0.927. The van der Waals surface area contributed by atoms with Gasteiger partial charge in [-0.3, -0.25) is 4.79 Å². The molecule has 1 aromatic carbocycles. The van der Waals surface area contributed by atoms with E-state index < -0.39 is 0 Å². The second kappa shape index (κ2) is 4.71. The Labute approximate surface area is 105 Å². The molecule has 0 spiro atoms. The highest BCUT2D eigenvalue weighted by molar-refractivity contribution is 9.10. The number of nitrogens with zero attached hydrogens (tertiary/aromatic N) is 2. The number of hydrogen-bond acceptors (Lipinski definition) is 4. The monoisotopic (exact) mass is 297 g/mol. The van der Waals surface area contributed by atoms with Gasteiger partial charge in [0.15, 0.2) is 5.69 Å². The second-order valence-electron chi connectivity index (χ2n) is 3.21. The van der Waals surface area contributed by atoms with E-state index in [9.17, 15) is 4.79 Å². The number of aryl methyl sites for hydroxylation is 1. The molecule has 4 nitrogen and oxygen atoms in total. The van der Waals surface area contributed by atoms with Gasteiger partial charge >= 0.3 is 0 Å². The Kier molecular flexibility index (Phi) is 3.31. The van der Waals surface area contributed by atoms with E-state index in [1.54, 1.807) is 5.38 Å². The Morgan fingerprint density at radius 2 is 2.31 bits per heavy atom. The minimum Gasteiger partial charge on any atom is -0.321 e. The van der Waals surface area contributed by atoms with Gasteiger partial charge in [0.05, 0.1) is 0 Å². The number of aromatic nitrogens is 2. The SMILES string of the molecule is Cc1cc(NC(=O)c2csnn2)ccc1Br. The molecule has 0 aliphatic rings. The third-order valence-electron chi connectivity index (χ3n) is 2.01. The number of amides is 1. The summed E-state index contributed by atoms with van der Waals surface area (Å²) in [4.78, 5) is 11.7. The normalized spacial score (nSPS) is 10.1. The molecule has 0 bridgehead atoms. The van der Waals surface area contributed by atoms with Gasteiger partial charge in [0.1, 0.15) is 0 Å². The fourth-order valence-corrected chi connectivity index (χ4v) is 1.86. The predicted octanol–water partition coefficient (Wildman–Crippen LogP) is 2.86. The number of nitrogens with one attached hydrogen (secondary N) is 1. The first-order valence-corrected chi connectivity index (χ1v) is 6.14. The lowest BCUT2D eigenvalue weighted by atomic mass is 10.2. The van der Waals surface area contributed by atoms with Crippen LogP contribution in [0, 0.1) is 6.92 Å². The van der Waals surface area contributed by atoms with Crippen LogP contribution in [0.4, 0.5) is 5.69 Å². The van der Waals surface area contributed by atoms with Crippen molar-refractivity contribution < 1.29 is 4.79 Å². The zero-order chi connectivity index (χ0) is 11.5. The van der Waals surface area contributed by atoms with E-state index in [1.807, 2.05) is 25.1 Å². The fraction of sp³-hybridized carbons (Fsp3) is 0.100. The highest BCUT2D eigenvalue weighted by Gasteiger charge is 2.09. The van der Waals surface area contributed by atoms with Crippen LogP contribution in [0.2, 0.25) is 0 Å². The topological polar surface area (TPSA) is 54.9 Å². The second-order valence-corrected chi connectivity index (χ2v) is 4.67. The highest BCUT2D eigenvalue weighted by atomic mass is 79.9. The van der Waals surface area contributed by atoms with Crippen molar-refractivity contribution in [2.45, 2.75) is 6.92 Å². The fourth-order valence-electron chi connectivity index (χ4n) is 1.18. The Balaban J connectivity index is 2.15. The van der Waals surface area contributed by atoms with Crippen LogP contribution in [-0.4, -0.2) is 15.5 Å². The zero-order valence-corrected chi connectivity index (χ0v) is 10.8. The average Bonchev–Trinajstić information content (AvgIpc) is 2.77.